The summed E-state index contributed by atoms with van der Waals surface area (Å²) in [5.41, 5.74) is 3.85. The zero-order chi connectivity index (χ0) is 17.8. The molecule has 0 fully saturated rings. The molecule has 0 aromatic heterocycles. The van der Waals surface area contributed by atoms with E-state index in [0.717, 1.165) is 43.6 Å². The molecular weight excluding hydrogens is 326 g/mol. The van der Waals surface area contributed by atoms with Crippen LogP contribution >= 0.6 is 0 Å². The molecule has 2 aromatic carbocycles. The second-order valence-corrected chi connectivity index (χ2v) is 7.04. The number of carbonyl (C=O) groups is 1. The van der Waals surface area contributed by atoms with Gasteiger partial charge in [0, 0.05) is 6.42 Å². The summed E-state index contributed by atoms with van der Waals surface area (Å²) in [5.74, 6) is 1.77. The highest BCUT2D eigenvalue weighted by Crippen LogP contribution is 2.31. The Hall–Kier alpha value is -2.49. The average molecular weight is 351 g/mol. The summed E-state index contributed by atoms with van der Waals surface area (Å²) < 4.78 is 11.2. The number of fused-ring (bicyclic) bond motifs is 2. The molecule has 1 amide bonds. The zero-order valence-corrected chi connectivity index (χ0v) is 15.0. The molecule has 26 heavy (non-hydrogen) atoms. The predicted octanol–water partition coefficient (Wildman–Crippen LogP) is 3.97. The van der Waals surface area contributed by atoms with E-state index < -0.39 is 0 Å². The molecule has 1 atom stereocenters. The molecule has 0 saturated carbocycles. The van der Waals surface area contributed by atoms with E-state index >= 15 is 0 Å². The Morgan fingerprint density at radius 3 is 2.85 bits per heavy atom. The van der Waals surface area contributed by atoms with Gasteiger partial charge in [-0.05, 0) is 60.9 Å². The van der Waals surface area contributed by atoms with Gasteiger partial charge in [0.05, 0.1) is 6.04 Å². The first-order chi connectivity index (χ1) is 12.8. The SMILES string of the molecule is O=C(CCCc1ccc2c(c1)OCCO2)NC1CCCc2ccccc21. The lowest BCUT2D eigenvalue weighted by Crippen LogP contribution is -2.30. The molecule has 4 rings (SSSR count). The molecule has 1 aliphatic heterocycles. The molecule has 0 radical (unpaired) electrons. The number of nitrogens with one attached hydrogen (secondary N) is 1. The molecule has 1 aliphatic carbocycles. The lowest BCUT2D eigenvalue weighted by molar-refractivity contribution is -0.122. The lowest BCUT2D eigenvalue weighted by Gasteiger charge is -2.26. The van der Waals surface area contributed by atoms with Crippen molar-refractivity contribution in [3.05, 3.63) is 59.2 Å². The first-order valence-corrected chi connectivity index (χ1v) is 9.55. The average Bonchev–Trinajstić information content (AvgIpc) is 2.68. The normalized spacial score (nSPS) is 18.1. The van der Waals surface area contributed by atoms with Crippen LogP contribution in [0.3, 0.4) is 0 Å². The van der Waals surface area contributed by atoms with E-state index in [0.29, 0.717) is 19.6 Å². The Morgan fingerprint density at radius 2 is 1.92 bits per heavy atom. The molecule has 4 heteroatoms. The maximum absolute atomic E-state index is 12.4. The number of hydrogen-bond acceptors (Lipinski definition) is 3. The predicted molar refractivity (Wildman–Crippen MR) is 101 cm³/mol. The molecule has 2 aliphatic rings. The van der Waals surface area contributed by atoms with Gasteiger partial charge in [-0.3, -0.25) is 4.79 Å². The highest BCUT2D eigenvalue weighted by Gasteiger charge is 2.21. The highest BCUT2D eigenvalue weighted by molar-refractivity contribution is 5.76. The number of aryl methyl sites for hydroxylation is 2. The van der Waals surface area contributed by atoms with Crippen LogP contribution in [0.15, 0.2) is 42.5 Å². The van der Waals surface area contributed by atoms with Gasteiger partial charge in [-0.1, -0.05) is 30.3 Å². The zero-order valence-electron chi connectivity index (χ0n) is 15.0. The summed E-state index contributed by atoms with van der Waals surface area (Å²) in [6.45, 7) is 1.21. The third-order valence-corrected chi connectivity index (χ3v) is 5.18. The van der Waals surface area contributed by atoms with Crippen molar-refractivity contribution in [3.8, 4) is 11.5 Å². The Morgan fingerprint density at radius 1 is 1.08 bits per heavy atom. The van der Waals surface area contributed by atoms with Crippen LogP contribution in [-0.2, 0) is 17.6 Å². The third-order valence-electron chi connectivity index (χ3n) is 5.18. The van der Waals surface area contributed by atoms with Gasteiger partial charge in [-0.2, -0.15) is 0 Å². The lowest BCUT2D eigenvalue weighted by atomic mass is 9.87. The Kier molecular flexibility index (Phi) is 5.09. The fourth-order valence-corrected chi connectivity index (χ4v) is 3.87. The van der Waals surface area contributed by atoms with Gasteiger partial charge in [0.2, 0.25) is 5.91 Å². The van der Waals surface area contributed by atoms with E-state index in [9.17, 15) is 4.79 Å². The van der Waals surface area contributed by atoms with Crippen LogP contribution in [0.1, 0.15) is 48.4 Å². The molecule has 1 N–H and O–H groups in total. The van der Waals surface area contributed by atoms with Gasteiger partial charge >= 0.3 is 0 Å². The van der Waals surface area contributed by atoms with Crippen molar-refractivity contribution < 1.29 is 14.3 Å². The molecule has 0 spiro atoms. The summed E-state index contributed by atoms with van der Waals surface area (Å²) in [5, 5.41) is 3.23. The minimum Gasteiger partial charge on any atom is -0.486 e. The van der Waals surface area contributed by atoms with Crippen molar-refractivity contribution >= 4 is 5.91 Å². The van der Waals surface area contributed by atoms with Gasteiger partial charge in [0.15, 0.2) is 11.5 Å². The fraction of sp³-hybridized carbons (Fsp3) is 0.409. The number of amides is 1. The summed E-state index contributed by atoms with van der Waals surface area (Å²) in [4.78, 5) is 12.4. The van der Waals surface area contributed by atoms with Crippen LogP contribution in [0, 0.1) is 0 Å². The van der Waals surface area contributed by atoms with Crippen LogP contribution < -0.4 is 14.8 Å². The van der Waals surface area contributed by atoms with E-state index in [-0.39, 0.29) is 11.9 Å². The monoisotopic (exact) mass is 351 g/mol. The second-order valence-electron chi connectivity index (χ2n) is 7.04. The van der Waals surface area contributed by atoms with Crippen molar-refractivity contribution in [2.75, 3.05) is 13.2 Å². The number of rotatable bonds is 5. The molecule has 2 aromatic rings. The van der Waals surface area contributed by atoms with Crippen LogP contribution in [-0.4, -0.2) is 19.1 Å². The summed E-state index contributed by atoms with van der Waals surface area (Å²) in [7, 11) is 0. The summed E-state index contributed by atoms with van der Waals surface area (Å²) in [6.07, 6.45) is 5.54. The Bertz CT molecular complexity index is 787. The molecule has 0 saturated heterocycles. The molecule has 4 nitrogen and oxygen atoms in total. The quantitative estimate of drug-likeness (QED) is 0.886. The maximum Gasteiger partial charge on any atom is 0.220 e. The van der Waals surface area contributed by atoms with E-state index in [2.05, 4.69) is 35.6 Å². The molecular formula is C22H25NO3. The number of carbonyl (C=O) groups excluding carboxylic acids is 1. The van der Waals surface area contributed by atoms with Gasteiger partial charge in [0.1, 0.15) is 13.2 Å². The maximum atomic E-state index is 12.4. The molecule has 0 bridgehead atoms. The van der Waals surface area contributed by atoms with Crippen LogP contribution in [0.4, 0.5) is 0 Å². The van der Waals surface area contributed by atoms with E-state index in [1.165, 1.54) is 16.7 Å². The summed E-state index contributed by atoms with van der Waals surface area (Å²) >= 11 is 0. The smallest absolute Gasteiger partial charge is 0.220 e. The van der Waals surface area contributed by atoms with Crippen molar-refractivity contribution in [2.45, 2.75) is 44.6 Å². The van der Waals surface area contributed by atoms with Gasteiger partial charge < -0.3 is 14.8 Å². The molecule has 1 unspecified atom stereocenters. The van der Waals surface area contributed by atoms with E-state index in [4.69, 9.17) is 9.47 Å². The largest absolute Gasteiger partial charge is 0.486 e. The van der Waals surface area contributed by atoms with E-state index in [1.54, 1.807) is 0 Å². The first-order valence-electron chi connectivity index (χ1n) is 9.55. The number of benzene rings is 2. The van der Waals surface area contributed by atoms with Gasteiger partial charge in [0.25, 0.3) is 0 Å². The molecule has 1 heterocycles. The highest BCUT2D eigenvalue weighted by atomic mass is 16.6. The number of ether oxygens (including phenoxy) is 2. The van der Waals surface area contributed by atoms with Gasteiger partial charge in [-0.15, -0.1) is 0 Å². The summed E-state index contributed by atoms with van der Waals surface area (Å²) in [6, 6.07) is 14.7. The minimum atomic E-state index is 0.143. The van der Waals surface area contributed by atoms with Crippen molar-refractivity contribution in [1.82, 2.24) is 5.32 Å². The number of hydrogen-bond donors (Lipinski definition) is 1. The first kappa shape index (κ1) is 17.0. The minimum absolute atomic E-state index is 0.143. The third kappa shape index (κ3) is 3.85. The molecule has 136 valence electrons. The van der Waals surface area contributed by atoms with Gasteiger partial charge in [-0.25, -0.2) is 0 Å². The van der Waals surface area contributed by atoms with Crippen molar-refractivity contribution in [1.29, 1.82) is 0 Å². The standard InChI is InChI=1S/C22H25NO3/c24-22(23-19-9-4-7-17-6-1-2-8-18(17)19)10-3-5-16-11-12-20-21(15-16)26-14-13-25-20/h1-2,6,8,11-12,15,19H,3-5,7,9-10,13-14H2,(H,23,24). The Balaban J connectivity index is 1.28. The van der Waals surface area contributed by atoms with Crippen molar-refractivity contribution in [3.63, 3.8) is 0 Å². The fourth-order valence-electron chi connectivity index (χ4n) is 3.87. The topological polar surface area (TPSA) is 47.6 Å². The van der Waals surface area contributed by atoms with Crippen LogP contribution in [0.25, 0.3) is 0 Å². The van der Waals surface area contributed by atoms with E-state index in [1.807, 2.05) is 12.1 Å². The van der Waals surface area contributed by atoms with Crippen LogP contribution in [0.5, 0.6) is 11.5 Å². The van der Waals surface area contributed by atoms with Crippen molar-refractivity contribution in [2.24, 2.45) is 0 Å². The Labute approximate surface area is 154 Å². The van der Waals surface area contributed by atoms with Crippen LogP contribution in [0.2, 0.25) is 0 Å². The second kappa shape index (κ2) is 7.81.